The second-order valence-electron chi connectivity index (χ2n) is 3.50. The van der Waals surface area contributed by atoms with Crippen LogP contribution in [0.3, 0.4) is 0 Å². The highest BCUT2D eigenvalue weighted by Gasteiger charge is 2.34. The van der Waals surface area contributed by atoms with Gasteiger partial charge in [0.1, 0.15) is 5.82 Å². The number of hydrogen-bond donors (Lipinski definition) is 1. The van der Waals surface area contributed by atoms with Crippen molar-refractivity contribution in [2.45, 2.75) is 32.5 Å². The summed E-state index contributed by atoms with van der Waals surface area (Å²) >= 11 is 2.98. The predicted octanol–water partition coefficient (Wildman–Crippen LogP) is 4.07. The lowest BCUT2D eigenvalue weighted by Crippen LogP contribution is -2.19. The largest absolute Gasteiger partial charge is 0.419 e. The molecule has 0 aromatic carbocycles. The van der Waals surface area contributed by atoms with E-state index in [9.17, 15) is 13.2 Å². The van der Waals surface area contributed by atoms with E-state index in [0.29, 0.717) is 4.47 Å². The fraction of sp³-hybridized carbons (Fsp3) is 0.500. The Kier molecular flexibility index (Phi) is 4.18. The summed E-state index contributed by atoms with van der Waals surface area (Å²) in [6, 6.07) is 0.979. The second kappa shape index (κ2) is 5.03. The number of hydrogen-bond acceptors (Lipinski definition) is 2. The molecule has 1 heterocycles. The Morgan fingerprint density at radius 1 is 1.50 bits per heavy atom. The smallest absolute Gasteiger partial charge is 0.367 e. The van der Waals surface area contributed by atoms with Crippen LogP contribution in [0, 0.1) is 0 Å². The Labute approximate surface area is 100 Å². The fourth-order valence-electron chi connectivity index (χ4n) is 1.11. The van der Waals surface area contributed by atoms with Gasteiger partial charge in [0, 0.05) is 16.7 Å². The topological polar surface area (TPSA) is 24.9 Å². The van der Waals surface area contributed by atoms with Gasteiger partial charge in [-0.25, -0.2) is 4.98 Å². The zero-order valence-corrected chi connectivity index (χ0v) is 10.5. The minimum absolute atomic E-state index is 0.0465. The van der Waals surface area contributed by atoms with E-state index in [-0.39, 0.29) is 11.9 Å². The van der Waals surface area contributed by atoms with Crippen LogP contribution < -0.4 is 5.32 Å². The van der Waals surface area contributed by atoms with Gasteiger partial charge in [-0.1, -0.05) is 6.92 Å². The van der Waals surface area contributed by atoms with E-state index in [4.69, 9.17) is 0 Å². The average molecular weight is 297 g/mol. The first kappa shape index (κ1) is 13.3. The van der Waals surface area contributed by atoms with Crippen molar-refractivity contribution in [1.29, 1.82) is 0 Å². The van der Waals surface area contributed by atoms with Gasteiger partial charge in [0.05, 0.1) is 5.56 Å². The lowest BCUT2D eigenvalue weighted by molar-refractivity contribution is -0.137. The molecule has 1 rings (SSSR count). The van der Waals surface area contributed by atoms with Crippen LogP contribution in [0.2, 0.25) is 0 Å². The summed E-state index contributed by atoms with van der Waals surface area (Å²) in [6.07, 6.45) is -2.32. The van der Waals surface area contributed by atoms with Crippen LogP contribution >= 0.6 is 15.9 Å². The normalized spacial score (nSPS) is 13.6. The molecule has 16 heavy (non-hydrogen) atoms. The highest BCUT2D eigenvalue weighted by Crippen LogP contribution is 2.35. The van der Waals surface area contributed by atoms with Gasteiger partial charge in [0.15, 0.2) is 0 Å². The van der Waals surface area contributed by atoms with Crippen molar-refractivity contribution in [2.75, 3.05) is 5.32 Å². The Hall–Kier alpha value is -0.780. The maximum absolute atomic E-state index is 12.7. The Balaban J connectivity index is 3.08. The standard InChI is InChI=1S/C10H12BrF3N2/c1-3-6(2)16-9-8(10(12,13)14)4-7(11)5-15-9/h4-6H,3H2,1-2H3,(H,15,16). The van der Waals surface area contributed by atoms with Crippen LogP contribution in [0.4, 0.5) is 19.0 Å². The quantitative estimate of drug-likeness (QED) is 0.909. The van der Waals surface area contributed by atoms with Gasteiger partial charge < -0.3 is 5.32 Å². The van der Waals surface area contributed by atoms with Crippen molar-refractivity contribution in [1.82, 2.24) is 4.98 Å². The Morgan fingerprint density at radius 3 is 2.62 bits per heavy atom. The van der Waals surface area contributed by atoms with Crippen LogP contribution in [-0.4, -0.2) is 11.0 Å². The molecule has 2 nitrogen and oxygen atoms in total. The number of nitrogens with zero attached hydrogens (tertiary/aromatic N) is 1. The zero-order valence-electron chi connectivity index (χ0n) is 8.90. The lowest BCUT2D eigenvalue weighted by atomic mass is 10.2. The molecule has 1 N–H and O–H groups in total. The van der Waals surface area contributed by atoms with Crippen molar-refractivity contribution < 1.29 is 13.2 Å². The summed E-state index contributed by atoms with van der Waals surface area (Å²) in [6.45, 7) is 3.70. The minimum Gasteiger partial charge on any atom is -0.367 e. The van der Waals surface area contributed by atoms with Gasteiger partial charge in [-0.15, -0.1) is 0 Å². The van der Waals surface area contributed by atoms with E-state index < -0.39 is 11.7 Å². The summed E-state index contributed by atoms with van der Waals surface area (Å²) in [5.41, 5.74) is -0.748. The van der Waals surface area contributed by atoms with Crippen LogP contribution in [0.5, 0.6) is 0 Å². The van der Waals surface area contributed by atoms with E-state index in [0.717, 1.165) is 12.5 Å². The van der Waals surface area contributed by atoms with E-state index in [1.54, 1.807) is 0 Å². The molecule has 0 saturated heterocycles. The van der Waals surface area contributed by atoms with Crippen molar-refractivity contribution in [3.05, 3.63) is 22.3 Å². The van der Waals surface area contributed by atoms with Gasteiger partial charge in [0.2, 0.25) is 0 Å². The minimum atomic E-state index is -4.40. The molecule has 0 spiro atoms. The van der Waals surface area contributed by atoms with Crippen molar-refractivity contribution >= 4 is 21.7 Å². The number of halogens is 4. The SMILES string of the molecule is CCC(C)Nc1ncc(Br)cc1C(F)(F)F. The molecule has 1 aromatic heterocycles. The van der Waals surface area contributed by atoms with Gasteiger partial charge in [-0.3, -0.25) is 0 Å². The van der Waals surface area contributed by atoms with Gasteiger partial charge in [-0.2, -0.15) is 13.2 Å². The molecule has 1 aromatic rings. The number of nitrogens with one attached hydrogen (secondary N) is 1. The van der Waals surface area contributed by atoms with Gasteiger partial charge in [0.25, 0.3) is 0 Å². The number of pyridine rings is 1. The summed E-state index contributed by atoms with van der Waals surface area (Å²) in [5.74, 6) is -0.120. The summed E-state index contributed by atoms with van der Waals surface area (Å²) in [4.78, 5) is 3.75. The number of rotatable bonds is 3. The number of alkyl halides is 3. The average Bonchev–Trinajstić information content (AvgIpc) is 2.19. The molecule has 0 bridgehead atoms. The molecular formula is C10H12BrF3N2. The molecule has 0 aliphatic carbocycles. The van der Waals surface area contributed by atoms with Gasteiger partial charge >= 0.3 is 6.18 Å². The Morgan fingerprint density at radius 2 is 2.12 bits per heavy atom. The van der Waals surface area contributed by atoms with Crippen molar-refractivity contribution in [3.8, 4) is 0 Å². The molecular weight excluding hydrogens is 285 g/mol. The maximum atomic E-state index is 12.7. The lowest BCUT2D eigenvalue weighted by Gasteiger charge is -2.17. The maximum Gasteiger partial charge on any atom is 0.419 e. The molecule has 90 valence electrons. The van der Waals surface area contributed by atoms with Crippen LogP contribution in [0.15, 0.2) is 16.7 Å². The zero-order chi connectivity index (χ0) is 12.3. The summed E-state index contributed by atoms with van der Waals surface area (Å²) in [7, 11) is 0. The predicted molar refractivity (Wildman–Crippen MR) is 60.3 cm³/mol. The highest BCUT2D eigenvalue weighted by atomic mass is 79.9. The molecule has 0 fully saturated rings. The van der Waals surface area contributed by atoms with Crippen molar-refractivity contribution in [3.63, 3.8) is 0 Å². The molecule has 1 atom stereocenters. The van der Waals surface area contributed by atoms with E-state index in [1.165, 1.54) is 6.20 Å². The van der Waals surface area contributed by atoms with Crippen LogP contribution in [-0.2, 0) is 6.18 Å². The third-order valence-electron chi connectivity index (χ3n) is 2.16. The molecule has 0 radical (unpaired) electrons. The van der Waals surface area contributed by atoms with Crippen LogP contribution in [0.25, 0.3) is 0 Å². The second-order valence-corrected chi connectivity index (χ2v) is 4.42. The summed E-state index contributed by atoms with van der Waals surface area (Å²) in [5, 5.41) is 2.74. The third kappa shape index (κ3) is 3.37. The first-order chi connectivity index (χ1) is 7.34. The van der Waals surface area contributed by atoms with E-state index in [1.807, 2.05) is 13.8 Å². The fourth-order valence-corrected chi connectivity index (χ4v) is 1.44. The molecule has 1 unspecified atom stereocenters. The van der Waals surface area contributed by atoms with Crippen LogP contribution in [0.1, 0.15) is 25.8 Å². The molecule has 6 heteroatoms. The van der Waals surface area contributed by atoms with Crippen molar-refractivity contribution in [2.24, 2.45) is 0 Å². The highest BCUT2D eigenvalue weighted by molar-refractivity contribution is 9.10. The molecule has 0 saturated carbocycles. The van der Waals surface area contributed by atoms with E-state index >= 15 is 0 Å². The molecule has 0 aliphatic rings. The Bertz CT molecular complexity index is 366. The first-order valence-corrected chi connectivity index (χ1v) is 5.63. The molecule has 0 amide bonds. The van der Waals surface area contributed by atoms with E-state index in [2.05, 4.69) is 26.2 Å². The van der Waals surface area contributed by atoms with Gasteiger partial charge in [-0.05, 0) is 35.3 Å². The summed E-state index contributed by atoms with van der Waals surface area (Å²) < 4.78 is 38.4. The number of anilines is 1. The number of aromatic nitrogens is 1. The molecule has 0 aliphatic heterocycles. The first-order valence-electron chi connectivity index (χ1n) is 4.84. The monoisotopic (exact) mass is 296 g/mol. The third-order valence-corrected chi connectivity index (χ3v) is 2.59.